The molecular formula is C53H48BF6N3O6S. The molecule has 70 heavy (non-hydrogen) atoms. The van der Waals surface area contributed by atoms with Crippen molar-refractivity contribution in [3.8, 4) is 28.2 Å². The first-order valence-corrected chi connectivity index (χ1v) is 23.8. The molecule has 0 aromatic heterocycles. The number of halogens is 6. The van der Waals surface area contributed by atoms with Gasteiger partial charge in [0.25, 0.3) is 0 Å². The SMILES string of the molecule is C=C(C)C(=O)OC1CCN(S(=O)(=O)c2ccccc2-c2c3cc/c(=N\c4c(C)cccc4C)cc-3oc3cc(Nc4c(C)cc(OCc5ccccc5B(C(F)(F)F)C(F)(F)F)cc4C)ccc23)CC1. The fraction of sp³-hybridized carbons (Fsp3) is 0.245. The first-order chi connectivity index (χ1) is 33.1. The zero-order valence-electron chi connectivity index (χ0n) is 38.9. The highest BCUT2D eigenvalue weighted by atomic mass is 32.2. The summed E-state index contributed by atoms with van der Waals surface area (Å²) in [7, 11) is -4.09. The average Bonchev–Trinajstić information content (AvgIpc) is 3.29. The Morgan fingerprint density at radius 3 is 2.10 bits per heavy atom. The molecule has 2 heterocycles. The number of para-hydroxylation sites is 1. The monoisotopic (exact) mass is 979 g/mol. The van der Waals surface area contributed by atoms with Gasteiger partial charge in [0, 0.05) is 64.2 Å². The number of esters is 1. The average molecular weight is 980 g/mol. The maximum absolute atomic E-state index is 14.6. The number of rotatable bonds is 12. The molecule has 1 fully saturated rings. The number of carbonyl (C=O) groups is 1. The summed E-state index contributed by atoms with van der Waals surface area (Å²) in [6.07, 6.45) is -10.9. The number of nitrogens with zero attached hydrogens (tertiary/aromatic N) is 2. The number of nitrogens with one attached hydrogen (secondary N) is 1. The van der Waals surface area contributed by atoms with Crippen molar-refractivity contribution in [3.05, 3.63) is 161 Å². The number of sulfonamides is 1. The van der Waals surface area contributed by atoms with Gasteiger partial charge in [-0.15, -0.1) is 0 Å². The van der Waals surface area contributed by atoms with Gasteiger partial charge in [-0.2, -0.15) is 30.6 Å². The van der Waals surface area contributed by atoms with Crippen LogP contribution in [0.2, 0.25) is 0 Å². The van der Waals surface area contributed by atoms with Gasteiger partial charge in [0.2, 0.25) is 10.0 Å². The standard InChI is InChI=1S/C53H48BF6N3O6S/c1-31(2)51(64)68-39-22-24-63(25-23-39)70(65,66)47-17-10-8-15-43(47)48-41-20-18-37(61-49-32(3)12-11-13-33(49)4)28-45(41)69-46-29-38(19-21-42(46)48)62-50-34(5)26-40(27-35(50)6)67-30-36-14-7-9-16-44(36)54(52(55,56)57)53(58,59)60/h7-21,26-29,39,62H,1,22-25,30H2,2-6H3/b61-37+. The topological polar surface area (TPSA) is 110 Å². The zero-order valence-corrected chi connectivity index (χ0v) is 39.7. The molecular weight excluding hydrogens is 931 g/mol. The fourth-order valence-electron chi connectivity index (χ4n) is 8.90. The fourth-order valence-corrected chi connectivity index (χ4v) is 10.6. The Morgan fingerprint density at radius 2 is 1.44 bits per heavy atom. The van der Waals surface area contributed by atoms with Crippen molar-refractivity contribution in [2.24, 2.45) is 4.99 Å². The van der Waals surface area contributed by atoms with E-state index in [-0.39, 0.29) is 34.9 Å². The van der Waals surface area contributed by atoms with E-state index in [1.165, 1.54) is 16.4 Å². The van der Waals surface area contributed by atoms with Crippen LogP contribution >= 0.6 is 0 Å². The van der Waals surface area contributed by atoms with Crippen molar-refractivity contribution in [3.63, 3.8) is 0 Å². The van der Waals surface area contributed by atoms with Crippen molar-refractivity contribution >= 4 is 56.2 Å². The van der Waals surface area contributed by atoms with Crippen molar-refractivity contribution in [2.75, 3.05) is 18.4 Å². The van der Waals surface area contributed by atoms with E-state index in [1.807, 2.05) is 62.4 Å². The van der Waals surface area contributed by atoms with Crippen LogP contribution in [0.25, 0.3) is 33.4 Å². The number of fused-ring (bicyclic) bond motifs is 2. The van der Waals surface area contributed by atoms with Gasteiger partial charge >= 0.3 is 24.8 Å². The minimum atomic E-state index is -5.56. The van der Waals surface area contributed by atoms with Crippen LogP contribution in [-0.4, -0.2) is 56.7 Å². The van der Waals surface area contributed by atoms with Gasteiger partial charge in [-0.1, -0.05) is 72.7 Å². The number of benzene rings is 6. The highest BCUT2D eigenvalue weighted by Gasteiger charge is 2.62. The van der Waals surface area contributed by atoms with E-state index >= 15 is 0 Å². The van der Waals surface area contributed by atoms with Crippen LogP contribution in [0.5, 0.6) is 5.75 Å². The molecule has 0 amide bonds. The lowest BCUT2D eigenvalue weighted by Gasteiger charge is -2.31. The number of hydrogen-bond acceptors (Lipinski definition) is 8. The Bertz CT molecular complexity index is 3250. The summed E-state index contributed by atoms with van der Waals surface area (Å²) >= 11 is 0. The predicted octanol–water partition coefficient (Wildman–Crippen LogP) is 12.2. The molecule has 1 N–H and O–H groups in total. The van der Waals surface area contributed by atoms with Crippen LogP contribution in [0, 0.1) is 27.7 Å². The van der Waals surface area contributed by atoms with E-state index in [0.717, 1.165) is 28.9 Å². The van der Waals surface area contributed by atoms with Crippen LogP contribution in [0.1, 0.15) is 47.6 Å². The Balaban J connectivity index is 1.16. The second kappa shape index (κ2) is 19.5. The molecule has 0 bridgehead atoms. The molecule has 0 unspecified atom stereocenters. The molecule has 9 nitrogen and oxygen atoms in total. The van der Waals surface area contributed by atoms with Crippen molar-refractivity contribution in [1.82, 2.24) is 4.31 Å². The summed E-state index contributed by atoms with van der Waals surface area (Å²) in [4.78, 5) is 17.3. The molecule has 3 aliphatic rings. The molecule has 1 aliphatic carbocycles. The summed E-state index contributed by atoms with van der Waals surface area (Å²) in [5.41, 5.74) is 6.56. The van der Waals surface area contributed by atoms with E-state index in [0.29, 0.717) is 74.1 Å². The number of hydrogen-bond donors (Lipinski definition) is 1. The van der Waals surface area contributed by atoms with Crippen LogP contribution in [0.4, 0.5) is 43.4 Å². The van der Waals surface area contributed by atoms with Gasteiger partial charge in [0.05, 0.1) is 15.9 Å². The number of ether oxygens (including phenoxy) is 2. The zero-order chi connectivity index (χ0) is 50.3. The largest absolute Gasteiger partial charge is 0.489 e. The number of carbonyl (C=O) groups excluding carboxylic acids is 1. The molecule has 2 aliphatic heterocycles. The van der Waals surface area contributed by atoms with Gasteiger partial charge in [0.1, 0.15) is 29.8 Å². The Hall–Kier alpha value is -6.85. The lowest BCUT2D eigenvalue weighted by atomic mass is 9.42. The first kappa shape index (κ1) is 49.6. The van der Waals surface area contributed by atoms with Crippen molar-refractivity contribution < 1.29 is 53.4 Å². The molecule has 0 atom stereocenters. The van der Waals surface area contributed by atoms with E-state index in [4.69, 9.17) is 18.9 Å². The van der Waals surface area contributed by atoms with Crippen molar-refractivity contribution in [1.29, 1.82) is 0 Å². The summed E-state index contributed by atoms with van der Waals surface area (Å²) in [6, 6.07) is 31.5. The molecule has 362 valence electrons. The molecule has 1 saturated heterocycles. The third-order valence-electron chi connectivity index (χ3n) is 12.4. The molecule has 5 aromatic rings. The number of aryl methyl sites for hydroxylation is 4. The Kier molecular flexibility index (Phi) is 13.8. The Labute approximate surface area is 401 Å². The summed E-state index contributed by atoms with van der Waals surface area (Å²) in [5.74, 6) is 0.158. The predicted molar refractivity (Wildman–Crippen MR) is 260 cm³/mol. The van der Waals surface area contributed by atoms with Crippen LogP contribution in [-0.2, 0) is 26.2 Å². The number of anilines is 2. The molecule has 5 aromatic carbocycles. The highest BCUT2D eigenvalue weighted by Crippen LogP contribution is 2.44. The third-order valence-corrected chi connectivity index (χ3v) is 14.3. The van der Waals surface area contributed by atoms with Gasteiger partial charge in [-0.25, -0.2) is 18.2 Å². The molecule has 0 spiro atoms. The third kappa shape index (κ3) is 10.4. The van der Waals surface area contributed by atoms with Crippen LogP contribution in [0.15, 0.2) is 142 Å². The van der Waals surface area contributed by atoms with E-state index in [2.05, 4.69) is 11.9 Å². The van der Waals surface area contributed by atoms with Crippen LogP contribution < -0.4 is 20.9 Å². The minimum absolute atomic E-state index is 0.0882. The lowest BCUT2D eigenvalue weighted by molar-refractivity contribution is -0.145. The minimum Gasteiger partial charge on any atom is -0.489 e. The quantitative estimate of drug-likeness (QED) is 0.0427. The molecule has 0 saturated carbocycles. The second-order valence-corrected chi connectivity index (χ2v) is 19.5. The van der Waals surface area contributed by atoms with E-state index in [9.17, 15) is 39.6 Å². The number of piperidine rings is 1. The maximum atomic E-state index is 14.6. The lowest BCUT2D eigenvalue weighted by Crippen LogP contribution is -2.57. The molecule has 8 rings (SSSR count). The van der Waals surface area contributed by atoms with Gasteiger partial charge in [-0.3, -0.25) is 0 Å². The van der Waals surface area contributed by atoms with Gasteiger partial charge in [0.15, 0.2) is 0 Å². The normalized spacial score (nSPS) is 14.2. The summed E-state index contributed by atoms with van der Waals surface area (Å²) in [5, 5.41) is 4.66. The van der Waals surface area contributed by atoms with Gasteiger partial charge in [-0.05, 0) is 118 Å². The molecule has 17 heteroatoms. The van der Waals surface area contributed by atoms with E-state index in [1.54, 1.807) is 63.2 Å². The van der Waals surface area contributed by atoms with Gasteiger partial charge < -0.3 is 19.2 Å². The summed E-state index contributed by atoms with van der Waals surface area (Å²) in [6.45, 7) is 8.80. The van der Waals surface area contributed by atoms with E-state index < -0.39 is 53.0 Å². The summed E-state index contributed by atoms with van der Waals surface area (Å²) < 4.78 is 131. The second-order valence-electron chi connectivity index (χ2n) is 17.6. The number of alkyl halides is 6. The first-order valence-electron chi connectivity index (χ1n) is 22.4. The maximum Gasteiger partial charge on any atom is 0.432 e. The van der Waals surface area contributed by atoms with Crippen LogP contribution in [0.3, 0.4) is 0 Å². The highest BCUT2D eigenvalue weighted by molar-refractivity contribution is 7.89. The smallest absolute Gasteiger partial charge is 0.432 e. The Morgan fingerprint density at radius 1 is 0.800 bits per heavy atom. The molecule has 0 radical (unpaired) electrons. The van der Waals surface area contributed by atoms with Crippen molar-refractivity contribution in [2.45, 2.75) is 77.2 Å².